The number of amides is 1. The minimum atomic E-state index is -1.30. The highest BCUT2D eigenvalue weighted by molar-refractivity contribution is 6.27. The Morgan fingerprint density at radius 3 is 2.33 bits per heavy atom. The van der Waals surface area contributed by atoms with Gasteiger partial charge in [0.05, 0.1) is 6.10 Å². The van der Waals surface area contributed by atoms with Gasteiger partial charge in [-0.3, -0.25) is 4.79 Å². The van der Waals surface area contributed by atoms with Gasteiger partial charge in [0.2, 0.25) is 5.91 Å². The molecule has 0 radical (unpaired) electrons. The summed E-state index contributed by atoms with van der Waals surface area (Å²) in [7, 11) is 0. The smallest absolute Gasteiger partial charge is 0.328 e. The highest BCUT2D eigenvalue weighted by Gasteiger charge is 2.24. The van der Waals surface area contributed by atoms with Crippen LogP contribution >= 0.6 is 11.6 Å². The summed E-state index contributed by atoms with van der Waals surface area (Å²) < 4.78 is 0. The lowest BCUT2D eigenvalue weighted by atomic mass is 10.2. The van der Waals surface area contributed by atoms with Gasteiger partial charge in [0.25, 0.3) is 0 Å². The molecule has 1 amide bonds. The monoisotopic (exact) mass is 195 g/mol. The Bertz CT molecular complexity index is 182. The molecule has 5 nitrogen and oxygen atoms in total. The predicted molar refractivity (Wildman–Crippen MR) is 42.0 cm³/mol. The van der Waals surface area contributed by atoms with Crippen molar-refractivity contribution < 1.29 is 19.8 Å². The van der Waals surface area contributed by atoms with Gasteiger partial charge in [-0.1, -0.05) is 0 Å². The molecule has 6 heteroatoms. The third-order valence-electron chi connectivity index (χ3n) is 1.19. The van der Waals surface area contributed by atoms with Crippen LogP contribution in [-0.2, 0) is 9.59 Å². The highest BCUT2D eigenvalue weighted by atomic mass is 35.5. The molecule has 0 bridgehead atoms. The molecular formula is C6H10ClNO4. The number of aliphatic hydroxyl groups excluding tert-OH is 1. The van der Waals surface area contributed by atoms with Crippen molar-refractivity contribution in [1.29, 1.82) is 0 Å². The molecule has 0 saturated heterocycles. The van der Waals surface area contributed by atoms with Crippen LogP contribution in [0.4, 0.5) is 0 Å². The molecule has 0 rings (SSSR count). The Hall–Kier alpha value is -0.810. The summed E-state index contributed by atoms with van der Waals surface area (Å²) in [5.41, 5.74) is 0. The summed E-state index contributed by atoms with van der Waals surface area (Å²) in [6.07, 6.45) is -1.14. The Labute approximate surface area is 74.3 Å². The number of halogens is 1. The number of rotatable bonds is 4. The van der Waals surface area contributed by atoms with E-state index in [1.54, 1.807) is 0 Å². The molecule has 2 atom stereocenters. The normalized spacial score (nSPS) is 14.9. The summed E-state index contributed by atoms with van der Waals surface area (Å²) >= 11 is 5.12. The number of hydrogen-bond donors (Lipinski definition) is 3. The molecule has 0 spiro atoms. The SMILES string of the molecule is CC(O)C(NC(=O)CCl)C(=O)O. The van der Waals surface area contributed by atoms with Crippen LogP contribution in [0.3, 0.4) is 0 Å². The Balaban J connectivity index is 4.14. The van der Waals surface area contributed by atoms with Gasteiger partial charge in [-0.2, -0.15) is 0 Å². The topological polar surface area (TPSA) is 86.6 Å². The largest absolute Gasteiger partial charge is 0.480 e. The average molecular weight is 196 g/mol. The standard InChI is InChI=1S/C6H10ClNO4/c1-3(9)5(6(11)12)8-4(10)2-7/h3,5,9H,2H2,1H3,(H,8,10)(H,11,12). The second kappa shape index (κ2) is 4.95. The maximum absolute atomic E-state index is 10.6. The molecule has 12 heavy (non-hydrogen) atoms. The fraction of sp³-hybridized carbons (Fsp3) is 0.667. The number of aliphatic carboxylic acids is 1. The lowest BCUT2D eigenvalue weighted by molar-refractivity contribution is -0.144. The van der Waals surface area contributed by atoms with E-state index >= 15 is 0 Å². The van der Waals surface area contributed by atoms with E-state index in [0.29, 0.717) is 0 Å². The summed E-state index contributed by atoms with van der Waals surface area (Å²) in [6.45, 7) is 1.27. The third-order valence-corrected chi connectivity index (χ3v) is 1.43. The van der Waals surface area contributed by atoms with Crippen LogP contribution < -0.4 is 5.32 Å². The molecule has 2 unspecified atom stereocenters. The molecule has 0 aliphatic heterocycles. The third kappa shape index (κ3) is 3.54. The van der Waals surface area contributed by atoms with Crippen LogP contribution in [0.15, 0.2) is 0 Å². The molecule has 0 saturated carbocycles. The number of carbonyl (C=O) groups excluding carboxylic acids is 1. The molecule has 3 N–H and O–H groups in total. The van der Waals surface area contributed by atoms with E-state index in [1.165, 1.54) is 6.92 Å². The summed E-state index contributed by atoms with van der Waals surface area (Å²) in [5, 5.41) is 19.4. The molecule has 0 aromatic heterocycles. The number of alkyl halides is 1. The molecular weight excluding hydrogens is 186 g/mol. The number of aliphatic hydroxyl groups is 1. The fourth-order valence-electron chi connectivity index (χ4n) is 0.601. The van der Waals surface area contributed by atoms with Crippen LogP contribution in [-0.4, -0.2) is 40.1 Å². The first-order valence-corrected chi connectivity index (χ1v) is 3.78. The van der Waals surface area contributed by atoms with Crippen molar-refractivity contribution in [2.24, 2.45) is 0 Å². The molecule has 0 aliphatic carbocycles. The average Bonchev–Trinajstić information content (AvgIpc) is 1.98. The Morgan fingerprint density at radius 1 is 1.58 bits per heavy atom. The minimum Gasteiger partial charge on any atom is -0.480 e. The van der Waals surface area contributed by atoms with Crippen molar-refractivity contribution in [2.45, 2.75) is 19.1 Å². The number of carbonyl (C=O) groups is 2. The van der Waals surface area contributed by atoms with Crippen molar-refractivity contribution in [1.82, 2.24) is 5.32 Å². The van der Waals surface area contributed by atoms with Crippen molar-refractivity contribution in [2.75, 3.05) is 5.88 Å². The van der Waals surface area contributed by atoms with Crippen molar-refractivity contribution in [3.8, 4) is 0 Å². The summed E-state index contributed by atoms with van der Waals surface area (Å²) in [4.78, 5) is 21.0. The Morgan fingerprint density at radius 2 is 2.08 bits per heavy atom. The highest BCUT2D eigenvalue weighted by Crippen LogP contribution is 1.93. The van der Waals surface area contributed by atoms with E-state index in [0.717, 1.165) is 0 Å². The molecule has 70 valence electrons. The van der Waals surface area contributed by atoms with E-state index in [4.69, 9.17) is 21.8 Å². The zero-order valence-electron chi connectivity index (χ0n) is 6.45. The van der Waals surface area contributed by atoms with Crippen molar-refractivity contribution >= 4 is 23.5 Å². The van der Waals surface area contributed by atoms with Crippen LogP contribution in [0.25, 0.3) is 0 Å². The number of hydrogen-bond acceptors (Lipinski definition) is 3. The van der Waals surface area contributed by atoms with Crippen molar-refractivity contribution in [3.05, 3.63) is 0 Å². The van der Waals surface area contributed by atoms with Gasteiger partial charge in [-0.05, 0) is 6.92 Å². The summed E-state index contributed by atoms with van der Waals surface area (Å²) in [5.74, 6) is -2.23. The summed E-state index contributed by atoms with van der Waals surface area (Å²) in [6, 6.07) is -1.30. The first-order chi connectivity index (χ1) is 5.49. The van der Waals surface area contributed by atoms with Crippen LogP contribution in [0.2, 0.25) is 0 Å². The lowest BCUT2D eigenvalue weighted by Crippen LogP contribution is -2.48. The number of carboxylic acid groups (broad SMARTS) is 1. The van der Waals surface area contributed by atoms with Gasteiger partial charge in [0.15, 0.2) is 6.04 Å². The van der Waals surface area contributed by atoms with Crippen LogP contribution in [0.1, 0.15) is 6.92 Å². The van der Waals surface area contributed by atoms with E-state index in [-0.39, 0.29) is 5.88 Å². The van der Waals surface area contributed by atoms with Gasteiger partial charge in [-0.15, -0.1) is 11.6 Å². The second-order valence-electron chi connectivity index (χ2n) is 2.26. The quantitative estimate of drug-likeness (QED) is 0.512. The van der Waals surface area contributed by atoms with Gasteiger partial charge in [-0.25, -0.2) is 4.79 Å². The maximum atomic E-state index is 10.6. The Kier molecular flexibility index (Phi) is 4.61. The van der Waals surface area contributed by atoms with E-state index in [9.17, 15) is 9.59 Å². The lowest BCUT2D eigenvalue weighted by Gasteiger charge is -2.15. The van der Waals surface area contributed by atoms with E-state index < -0.39 is 24.0 Å². The zero-order valence-corrected chi connectivity index (χ0v) is 7.21. The molecule has 0 aromatic rings. The first kappa shape index (κ1) is 11.2. The maximum Gasteiger partial charge on any atom is 0.328 e. The van der Waals surface area contributed by atoms with Gasteiger partial charge in [0.1, 0.15) is 5.88 Å². The molecule has 0 fully saturated rings. The first-order valence-electron chi connectivity index (χ1n) is 3.25. The number of carboxylic acids is 1. The number of nitrogens with one attached hydrogen (secondary N) is 1. The van der Waals surface area contributed by atoms with Crippen molar-refractivity contribution in [3.63, 3.8) is 0 Å². The van der Waals surface area contributed by atoms with E-state index in [1.807, 2.05) is 5.32 Å². The second-order valence-corrected chi connectivity index (χ2v) is 2.52. The predicted octanol–water partition coefficient (Wildman–Crippen LogP) is -0.825. The van der Waals surface area contributed by atoms with Crippen LogP contribution in [0, 0.1) is 0 Å². The fourth-order valence-corrected chi connectivity index (χ4v) is 0.678. The molecule has 0 heterocycles. The molecule has 0 aromatic carbocycles. The zero-order chi connectivity index (χ0) is 9.72. The van der Waals surface area contributed by atoms with E-state index in [2.05, 4.69) is 0 Å². The van der Waals surface area contributed by atoms with Gasteiger partial charge < -0.3 is 15.5 Å². The van der Waals surface area contributed by atoms with Crippen LogP contribution in [0.5, 0.6) is 0 Å². The van der Waals surface area contributed by atoms with Gasteiger partial charge >= 0.3 is 5.97 Å². The minimum absolute atomic E-state index is 0.323. The van der Waals surface area contributed by atoms with Gasteiger partial charge in [0, 0.05) is 0 Å². The molecule has 0 aliphatic rings.